The Morgan fingerprint density at radius 1 is 1.24 bits per heavy atom. The predicted octanol–water partition coefficient (Wildman–Crippen LogP) is 0.709. The number of carbonyl (C=O) groups is 1. The maximum absolute atomic E-state index is 12.5. The van der Waals surface area contributed by atoms with Crippen LogP contribution in [-0.2, 0) is 0 Å². The first-order valence-corrected chi connectivity index (χ1v) is 7.03. The van der Waals surface area contributed by atoms with E-state index >= 15 is 0 Å². The van der Waals surface area contributed by atoms with Gasteiger partial charge in [-0.15, -0.1) is 0 Å². The summed E-state index contributed by atoms with van der Waals surface area (Å²) in [5.41, 5.74) is 10.1. The van der Waals surface area contributed by atoms with Gasteiger partial charge in [0.2, 0.25) is 0 Å². The van der Waals surface area contributed by atoms with Gasteiger partial charge in [0.1, 0.15) is 5.82 Å². The Hall–Kier alpha value is -2.18. The summed E-state index contributed by atoms with van der Waals surface area (Å²) in [6.45, 7) is 3.53. The van der Waals surface area contributed by atoms with Gasteiger partial charge in [0.15, 0.2) is 0 Å². The summed E-state index contributed by atoms with van der Waals surface area (Å²) in [4.78, 5) is 19.0. The van der Waals surface area contributed by atoms with Crippen LogP contribution in [0, 0.1) is 0 Å². The number of hydrazine groups is 1. The molecule has 0 atom stereocenters. The van der Waals surface area contributed by atoms with Crippen LogP contribution in [0.1, 0.15) is 10.4 Å². The number of fused-ring (bicyclic) bond motifs is 1. The normalized spacial score (nSPS) is 17.0. The third-order valence-electron chi connectivity index (χ3n) is 3.74. The van der Waals surface area contributed by atoms with Crippen LogP contribution in [0.15, 0.2) is 30.3 Å². The van der Waals surface area contributed by atoms with E-state index in [4.69, 9.17) is 5.73 Å². The van der Waals surface area contributed by atoms with Gasteiger partial charge < -0.3 is 10.6 Å². The minimum absolute atomic E-state index is 0.134. The van der Waals surface area contributed by atoms with Crippen molar-refractivity contribution in [3.8, 4) is 0 Å². The third kappa shape index (κ3) is 2.96. The summed E-state index contributed by atoms with van der Waals surface area (Å²) in [6, 6.07) is 9.16. The molecule has 0 spiro atoms. The predicted molar refractivity (Wildman–Crippen MR) is 82.7 cm³/mol. The van der Waals surface area contributed by atoms with Gasteiger partial charge in [0, 0.05) is 31.6 Å². The zero-order valence-corrected chi connectivity index (χ0v) is 12.0. The van der Waals surface area contributed by atoms with E-state index < -0.39 is 0 Å². The molecule has 1 aliphatic rings. The Kier molecular flexibility index (Phi) is 3.72. The highest BCUT2D eigenvalue weighted by atomic mass is 16.2. The van der Waals surface area contributed by atoms with E-state index in [9.17, 15) is 4.79 Å². The first-order valence-electron chi connectivity index (χ1n) is 7.03. The number of benzene rings is 1. The number of anilines is 1. The number of likely N-dealkylation sites (N-methyl/N-ethyl adjacent to an activating group) is 1. The van der Waals surface area contributed by atoms with Crippen molar-refractivity contribution in [2.24, 2.45) is 0 Å². The highest BCUT2D eigenvalue weighted by Gasteiger charge is 2.18. The quantitative estimate of drug-likeness (QED) is 0.850. The SMILES string of the molecule is CN1CCN(NC(=O)c2cc(N)nc3ccccc23)CC1. The molecule has 1 aliphatic heterocycles. The summed E-state index contributed by atoms with van der Waals surface area (Å²) >= 11 is 0. The van der Waals surface area contributed by atoms with E-state index in [1.54, 1.807) is 6.07 Å². The summed E-state index contributed by atoms with van der Waals surface area (Å²) in [7, 11) is 2.08. The van der Waals surface area contributed by atoms with Crippen molar-refractivity contribution in [1.82, 2.24) is 20.3 Å². The Morgan fingerprint density at radius 3 is 2.71 bits per heavy atom. The van der Waals surface area contributed by atoms with Crippen molar-refractivity contribution in [3.63, 3.8) is 0 Å². The molecule has 0 radical (unpaired) electrons. The molecular formula is C15H19N5O. The van der Waals surface area contributed by atoms with Gasteiger partial charge in [-0.1, -0.05) is 18.2 Å². The number of para-hydroxylation sites is 1. The van der Waals surface area contributed by atoms with Crippen LogP contribution >= 0.6 is 0 Å². The summed E-state index contributed by atoms with van der Waals surface area (Å²) in [5, 5.41) is 2.77. The second kappa shape index (κ2) is 5.67. The number of aromatic nitrogens is 1. The second-order valence-corrected chi connectivity index (χ2v) is 5.34. The van der Waals surface area contributed by atoms with E-state index in [-0.39, 0.29) is 5.91 Å². The first kappa shape index (κ1) is 13.8. The van der Waals surface area contributed by atoms with E-state index in [2.05, 4.69) is 22.4 Å². The van der Waals surface area contributed by atoms with Gasteiger partial charge in [0.05, 0.1) is 11.1 Å². The Bertz CT molecular complexity index is 664. The monoisotopic (exact) mass is 285 g/mol. The van der Waals surface area contributed by atoms with Crippen LogP contribution in [0.3, 0.4) is 0 Å². The van der Waals surface area contributed by atoms with Gasteiger partial charge in [0.25, 0.3) is 5.91 Å². The summed E-state index contributed by atoms with van der Waals surface area (Å²) < 4.78 is 0. The lowest BCUT2D eigenvalue weighted by molar-refractivity contribution is 0.0664. The Morgan fingerprint density at radius 2 is 1.95 bits per heavy atom. The molecule has 0 bridgehead atoms. The lowest BCUT2D eigenvalue weighted by Crippen LogP contribution is -2.52. The Balaban J connectivity index is 1.84. The molecule has 0 aliphatic carbocycles. The van der Waals surface area contributed by atoms with E-state index in [0.29, 0.717) is 11.4 Å². The number of piperazine rings is 1. The fourth-order valence-corrected chi connectivity index (χ4v) is 2.51. The van der Waals surface area contributed by atoms with Gasteiger partial charge >= 0.3 is 0 Å². The number of nitrogens with zero attached hydrogens (tertiary/aromatic N) is 3. The molecule has 21 heavy (non-hydrogen) atoms. The maximum atomic E-state index is 12.5. The van der Waals surface area contributed by atoms with Crippen LogP contribution in [0.4, 0.5) is 5.82 Å². The molecular weight excluding hydrogens is 266 g/mol. The van der Waals surface area contributed by atoms with Crippen molar-refractivity contribution in [2.45, 2.75) is 0 Å². The van der Waals surface area contributed by atoms with Crippen molar-refractivity contribution in [3.05, 3.63) is 35.9 Å². The highest BCUT2D eigenvalue weighted by molar-refractivity contribution is 6.06. The highest BCUT2D eigenvalue weighted by Crippen LogP contribution is 2.19. The zero-order valence-electron chi connectivity index (χ0n) is 12.0. The molecule has 2 aromatic rings. The molecule has 1 aromatic carbocycles. The van der Waals surface area contributed by atoms with Crippen LogP contribution in [-0.4, -0.2) is 54.0 Å². The molecule has 3 N–H and O–H groups in total. The molecule has 1 amide bonds. The van der Waals surface area contributed by atoms with Crippen molar-refractivity contribution >= 4 is 22.6 Å². The van der Waals surface area contributed by atoms with Gasteiger partial charge in [-0.3, -0.25) is 10.2 Å². The third-order valence-corrected chi connectivity index (χ3v) is 3.74. The maximum Gasteiger partial charge on any atom is 0.266 e. The number of amides is 1. The average molecular weight is 285 g/mol. The number of pyridine rings is 1. The van der Waals surface area contributed by atoms with Gasteiger partial charge in [-0.25, -0.2) is 9.99 Å². The molecule has 1 saturated heterocycles. The van der Waals surface area contributed by atoms with Crippen molar-refractivity contribution < 1.29 is 4.79 Å². The lowest BCUT2D eigenvalue weighted by Gasteiger charge is -2.32. The zero-order chi connectivity index (χ0) is 14.8. The molecule has 110 valence electrons. The fourth-order valence-electron chi connectivity index (χ4n) is 2.51. The fraction of sp³-hybridized carbons (Fsp3) is 0.333. The number of nitrogens with two attached hydrogens (primary N) is 1. The van der Waals surface area contributed by atoms with Crippen molar-refractivity contribution in [2.75, 3.05) is 39.0 Å². The molecule has 6 heteroatoms. The number of hydrogen-bond donors (Lipinski definition) is 2. The standard InChI is InChI=1S/C15H19N5O/c1-19-6-8-20(9-7-19)18-15(21)12-10-14(16)17-13-5-3-2-4-11(12)13/h2-5,10H,6-9H2,1H3,(H2,16,17)(H,18,21). The molecule has 0 saturated carbocycles. The molecule has 0 unspecified atom stereocenters. The number of carbonyl (C=O) groups excluding carboxylic acids is 1. The molecule has 1 fully saturated rings. The van der Waals surface area contributed by atoms with Crippen LogP contribution in [0.2, 0.25) is 0 Å². The van der Waals surface area contributed by atoms with Crippen molar-refractivity contribution in [1.29, 1.82) is 0 Å². The van der Waals surface area contributed by atoms with Crippen LogP contribution in [0.5, 0.6) is 0 Å². The summed E-state index contributed by atoms with van der Waals surface area (Å²) in [5.74, 6) is 0.224. The number of nitrogen functional groups attached to an aromatic ring is 1. The largest absolute Gasteiger partial charge is 0.384 e. The molecule has 1 aromatic heterocycles. The first-order chi connectivity index (χ1) is 10.1. The second-order valence-electron chi connectivity index (χ2n) is 5.34. The lowest BCUT2D eigenvalue weighted by atomic mass is 10.1. The van der Waals surface area contributed by atoms with E-state index in [0.717, 1.165) is 37.1 Å². The smallest absolute Gasteiger partial charge is 0.266 e. The van der Waals surface area contributed by atoms with Gasteiger partial charge in [-0.05, 0) is 19.2 Å². The average Bonchev–Trinajstić information content (AvgIpc) is 2.48. The van der Waals surface area contributed by atoms with E-state index in [1.807, 2.05) is 29.3 Å². The minimum Gasteiger partial charge on any atom is -0.384 e. The molecule has 2 heterocycles. The van der Waals surface area contributed by atoms with Crippen LogP contribution < -0.4 is 11.2 Å². The van der Waals surface area contributed by atoms with Gasteiger partial charge in [-0.2, -0.15) is 0 Å². The van der Waals surface area contributed by atoms with E-state index in [1.165, 1.54) is 0 Å². The van der Waals surface area contributed by atoms with Crippen LogP contribution in [0.25, 0.3) is 10.9 Å². The number of rotatable bonds is 2. The Labute approximate surface area is 123 Å². The number of hydrogen-bond acceptors (Lipinski definition) is 5. The topological polar surface area (TPSA) is 74.5 Å². The molecule has 6 nitrogen and oxygen atoms in total. The minimum atomic E-state index is -0.134. The number of nitrogens with one attached hydrogen (secondary N) is 1. The molecule has 3 rings (SSSR count). The summed E-state index contributed by atoms with van der Waals surface area (Å²) in [6.07, 6.45) is 0.